The monoisotopic (exact) mass is 342 g/mol. The Kier molecular flexibility index (Phi) is 3.51. The van der Waals surface area contributed by atoms with Crippen molar-refractivity contribution in [2.45, 2.75) is 13.3 Å². The van der Waals surface area contributed by atoms with E-state index in [-0.39, 0.29) is 12.2 Å². The second kappa shape index (κ2) is 4.91. The molecule has 0 radical (unpaired) electrons. The molecule has 17 heavy (non-hydrogen) atoms. The predicted octanol–water partition coefficient (Wildman–Crippen LogP) is 1.55. The van der Waals surface area contributed by atoms with Crippen molar-refractivity contribution in [1.29, 1.82) is 0 Å². The summed E-state index contributed by atoms with van der Waals surface area (Å²) in [5, 5.41) is 11.5. The van der Waals surface area contributed by atoms with Crippen molar-refractivity contribution in [1.82, 2.24) is 20.2 Å². The normalized spacial score (nSPS) is 10.5. The van der Waals surface area contributed by atoms with Crippen LogP contribution in [0.15, 0.2) is 18.2 Å². The van der Waals surface area contributed by atoms with Crippen molar-refractivity contribution in [2.75, 3.05) is 0 Å². The minimum atomic E-state index is 0.0195. The lowest BCUT2D eigenvalue weighted by Crippen LogP contribution is -2.08. The predicted molar refractivity (Wildman–Crippen MR) is 70.7 cm³/mol. The van der Waals surface area contributed by atoms with E-state index in [1.807, 2.05) is 25.1 Å². The number of aryl methyl sites for hydroxylation is 2. The van der Waals surface area contributed by atoms with Gasteiger partial charge in [-0.2, -0.15) is 4.80 Å². The smallest absolute Gasteiger partial charge is 0.182 e. The van der Waals surface area contributed by atoms with E-state index in [1.54, 1.807) is 7.05 Å². The fourth-order valence-corrected chi connectivity index (χ4v) is 2.16. The van der Waals surface area contributed by atoms with Crippen LogP contribution in [-0.2, 0) is 13.5 Å². The molecule has 0 saturated carbocycles. The largest absolute Gasteiger partial charge is 0.294 e. The Morgan fingerprint density at radius 3 is 2.88 bits per heavy atom. The lowest BCUT2D eigenvalue weighted by molar-refractivity contribution is 0.0990. The lowest BCUT2D eigenvalue weighted by atomic mass is 10.1. The Balaban J connectivity index is 2.23. The fourth-order valence-electron chi connectivity index (χ4n) is 1.50. The molecule has 0 fully saturated rings. The van der Waals surface area contributed by atoms with Gasteiger partial charge in [-0.1, -0.05) is 18.2 Å². The van der Waals surface area contributed by atoms with Crippen molar-refractivity contribution >= 4 is 28.4 Å². The van der Waals surface area contributed by atoms with Gasteiger partial charge in [-0.3, -0.25) is 4.79 Å². The Hall–Kier alpha value is -1.31. The van der Waals surface area contributed by atoms with E-state index in [2.05, 4.69) is 38.0 Å². The molecule has 0 unspecified atom stereocenters. The van der Waals surface area contributed by atoms with Crippen LogP contribution in [0, 0.1) is 10.5 Å². The van der Waals surface area contributed by atoms with E-state index in [0.29, 0.717) is 5.82 Å². The third-order valence-electron chi connectivity index (χ3n) is 2.36. The zero-order valence-electron chi connectivity index (χ0n) is 9.51. The zero-order chi connectivity index (χ0) is 12.4. The van der Waals surface area contributed by atoms with Crippen LogP contribution in [0.1, 0.15) is 21.7 Å². The molecule has 2 aromatic rings. The second-order valence-electron chi connectivity index (χ2n) is 3.73. The highest BCUT2D eigenvalue weighted by Gasteiger charge is 2.14. The van der Waals surface area contributed by atoms with Gasteiger partial charge in [0, 0.05) is 9.13 Å². The quantitative estimate of drug-likeness (QED) is 0.627. The summed E-state index contributed by atoms with van der Waals surface area (Å²) in [7, 11) is 1.68. The van der Waals surface area contributed by atoms with Crippen LogP contribution in [-0.4, -0.2) is 26.0 Å². The number of carbonyl (C=O) groups is 1. The van der Waals surface area contributed by atoms with Crippen molar-refractivity contribution in [2.24, 2.45) is 7.05 Å². The van der Waals surface area contributed by atoms with Crippen LogP contribution in [0.4, 0.5) is 0 Å². The number of nitrogens with zero attached hydrogens (tertiary/aromatic N) is 4. The first-order valence-corrected chi connectivity index (χ1v) is 6.17. The summed E-state index contributed by atoms with van der Waals surface area (Å²) >= 11 is 2.19. The van der Waals surface area contributed by atoms with E-state index in [1.165, 1.54) is 4.80 Å². The number of ketones is 1. The summed E-state index contributed by atoms with van der Waals surface area (Å²) in [4.78, 5) is 13.4. The highest BCUT2D eigenvalue weighted by Crippen LogP contribution is 2.17. The molecule has 0 saturated heterocycles. The van der Waals surface area contributed by atoms with Crippen molar-refractivity contribution in [3.05, 3.63) is 38.7 Å². The van der Waals surface area contributed by atoms with Gasteiger partial charge in [-0.25, -0.2) is 0 Å². The molecule has 0 aliphatic heterocycles. The maximum absolute atomic E-state index is 12.1. The summed E-state index contributed by atoms with van der Waals surface area (Å²) in [5.41, 5.74) is 1.82. The van der Waals surface area contributed by atoms with Gasteiger partial charge in [0.15, 0.2) is 11.6 Å². The zero-order valence-corrected chi connectivity index (χ0v) is 11.7. The second-order valence-corrected chi connectivity index (χ2v) is 4.81. The van der Waals surface area contributed by atoms with E-state index < -0.39 is 0 Å². The standard InChI is InChI=1S/C11H11IN4O/c1-7-4-3-5-8(11(7)12)9(17)6-10-13-15-16(2)14-10/h3-5H,6H2,1-2H3. The summed E-state index contributed by atoms with van der Waals surface area (Å²) in [6.45, 7) is 1.99. The number of benzene rings is 1. The third kappa shape index (κ3) is 2.68. The number of rotatable bonds is 3. The summed E-state index contributed by atoms with van der Waals surface area (Å²) in [6, 6.07) is 5.70. The van der Waals surface area contributed by atoms with Crippen LogP contribution in [0.5, 0.6) is 0 Å². The molecule has 0 aliphatic rings. The van der Waals surface area contributed by atoms with Crippen LogP contribution in [0.25, 0.3) is 0 Å². The number of tetrazole rings is 1. The van der Waals surface area contributed by atoms with Crippen LogP contribution < -0.4 is 0 Å². The molecule has 88 valence electrons. The molecular formula is C11H11IN4O. The van der Waals surface area contributed by atoms with Gasteiger partial charge in [0.25, 0.3) is 0 Å². The van der Waals surface area contributed by atoms with Gasteiger partial charge in [0.1, 0.15) is 0 Å². The van der Waals surface area contributed by atoms with Gasteiger partial charge in [-0.05, 0) is 40.3 Å². The maximum atomic E-state index is 12.1. The van der Waals surface area contributed by atoms with E-state index in [4.69, 9.17) is 0 Å². The first-order valence-electron chi connectivity index (χ1n) is 5.09. The van der Waals surface area contributed by atoms with Crippen molar-refractivity contribution in [3.63, 3.8) is 0 Å². The molecule has 1 aromatic heterocycles. The number of hydrogen-bond donors (Lipinski definition) is 0. The summed E-state index contributed by atoms with van der Waals surface area (Å²) < 4.78 is 0.985. The summed E-state index contributed by atoms with van der Waals surface area (Å²) in [5.74, 6) is 0.473. The minimum absolute atomic E-state index is 0.0195. The first-order chi connectivity index (χ1) is 8.08. The van der Waals surface area contributed by atoms with Gasteiger partial charge >= 0.3 is 0 Å². The average Bonchev–Trinajstić information content (AvgIpc) is 2.68. The first kappa shape index (κ1) is 12.2. The lowest BCUT2D eigenvalue weighted by Gasteiger charge is -2.04. The fraction of sp³-hybridized carbons (Fsp3) is 0.273. The highest BCUT2D eigenvalue weighted by atomic mass is 127. The molecule has 1 heterocycles. The molecule has 6 heteroatoms. The van der Waals surface area contributed by atoms with E-state index in [0.717, 1.165) is 14.7 Å². The number of aromatic nitrogens is 4. The van der Waals surface area contributed by atoms with Crippen molar-refractivity contribution < 1.29 is 4.79 Å². The summed E-state index contributed by atoms with van der Waals surface area (Å²) in [6.07, 6.45) is 0.188. The number of Topliss-reactive ketones (excluding diaryl/α,β-unsaturated/α-hetero) is 1. The van der Waals surface area contributed by atoms with Gasteiger partial charge in [0.2, 0.25) is 0 Å². The number of hydrogen-bond acceptors (Lipinski definition) is 4. The molecule has 1 aromatic carbocycles. The van der Waals surface area contributed by atoms with Gasteiger partial charge in [-0.15, -0.1) is 10.2 Å². The minimum Gasteiger partial charge on any atom is -0.294 e. The maximum Gasteiger partial charge on any atom is 0.182 e. The Morgan fingerprint density at radius 2 is 2.24 bits per heavy atom. The molecule has 0 spiro atoms. The molecule has 5 nitrogen and oxygen atoms in total. The Bertz CT molecular complexity index is 564. The van der Waals surface area contributed by atoms with E-state index in [9.17, 15) is 4.79 Å². The van der Waals surface area contributed by atoms with Gasteiger partial charge in [0.05, 0.1) is 13.5 Å². The number of halogens is 1. The molecule has 0 N–H and O–H groups in total. The molecule has 0 aliphatic carbocycles. The average molecular weight is 342 g/mol. The van der Waals surface area contributed by atoms with E-state index >= 15 is 0 Å². The Morgan fingerprint density at radius 1 is 1.47 bits per heavy atom. The Labute approximate surface area is 112 Å². The van der Waals surface area contributed by atoms with Crippen LogP contribution >= 0.6 is 22.6 Å². The van der Waals surface area contributed by atoms with Crippen LogP contribution in [0.3, 0.4) is 0 Å². The molecule has 0 amide bonds. The molecule has 0 bridgehead atoms. The number of carbonyl (C=O) groups excluding carboxylic acids is 1. The molecule has 2 rings (SSSR count). The van der Waals surface area contributed by atoms with Gasteiger partial charge < -0.3 is 0 Å². The molecular weight excluding hydrogens is 331 g/mol. The van der Waals surface area contributed by atoms with Crippen molar-refractivity contribution in [3.8, 4) is 0 Å². The molecule has 0 atom stereocenters. The SMILES string of the molecule is Cc1cccc(C(=O)Cc2nnn(C)n2)c1I. The highest BCUT2D eigenvalue weighted by molar-refractivity contribution is 14.1. The van der Waals surface area contributed by atoms with Crippen LogP contribution in [0.2, 0.25) is 0 Å². The topological polar surface area (TPSA) is 60.7 Å². The third-order valence-corrected chi connectivity index (χ3v) is 3.79.